The van der Waals surface area contributed by atoms with Crippen LogP contribution in [0.25, 0.3) is 0 Å². The van der Waals surface area contributed by atoms with Crippen LogP contribution in [-0.2, 0) is 0 Å². The molecule has 0 fully saturated rings. The Bertz CT molecular complexity index is 345. The van der Waals surface area contributed by atoms with Crippen LogP contribution in [0.1, 0.15) is 6.92 Å². The maximum atomic E-state index is 12.8. The summed E-state index contributed by atoms with van der Waals surface area (Å²) in [6.07, 6.45) is 1.94. The van der Waals surface area contributed by atoms with Gasteiger partial charge in [-0.05, 0) is 31.4 Å². The Morgan fingerprint density at radius 3 is 2.75 bits per heavy atom. The molecule has 5 heteroatoms. The average Bonchev–Trinajstić information content (AvgIpc) is 2.24. The number of benzene rings is 1. The summed E-state index contributed by atoms with van der Waals surface area (Å²) in [4.78, 5) is 0. The molecule has 1 aromatic carbocycles. The fourth-order valence-corrected chi connectivity index (χ4v) is 2.07. The predicted octanol–water partition coefficient (Wildman–Crippen LogP) is 1.93. The normalized spacial score (nSPS) is 14.5. The van der Waals surface area contributed by atoms with Gasteiger partial charge < -0.3 is 16.2 Å². The van der Waals surface area contributed by atoms with Crippen LogP contribution in [0.4, 0.5) is 15.8 Å². The molecule has 2 unspecified atom stereocenters. The van der Waals surface area contributed by atoms with Gasteiger partial charge in [-0.3, -0.25) is 0 Å². The van der Waals surface area contributed by atoms with Crippen LogP contribution in [0.5, 0.6) is 0 Å². The largest absolute Gasteiger partial charge is 0.397 e. The van der Waals surface area contributed by atoms with E-state index in [0.717, 1.165) is 0 Å². The number of anilines is 2. The van der Waals surface area contributed by atoms with E-state index in [-0.39, 0.29) is 23.7 Å². The molecule has 0 aromatic heterocycles. The molecule has 0 spiro atoms. The van der Waals surface area contributed by atoms with Crippen molar-refractivity contribution in [2.75, 3.05) is 23.9 Å². The molecule has 0 bridgehead atoms. The molecule has 3 nitrogen and oxygen atoms in total. The van der Waals surface area contributed by atoms with E-state index in [0.29, 0.717) is 11.4 Å². The minimum absolute atomic E-state index is 0.0627. The number of hydrogen-bond donors (Lipinski definition) is 3. The van der Waals surface area contributed by atoms with Crippen LogP contribution in [0, 0.1) is 5.82 Å². The second-order valence-electron chi connectivity index (χ2n) is 3.62. The van der Waals surface area contributed by atoms with Gasteiger partial charge in [-0.2, -0.15) is 11.8 Å². The van der Waals surface area contributed by atoms with Crippen molar-refractivity contribution in [1.29, 1.82) is 0 Å². The first-order valence-electron chi connectivity index (χ1n) is 5.03. The molecular formula is C11H17FN2OS. The van der Waals surface area contributed by atoms with Crippen LogP contribution in [-0.4, -0.2) is 29.3 Å². The lowest BCUT2D eigenvalue weighted by molar-refractivity contribution is 0.288. The highest BCUT2D eigenvalue weighted by atomic mass is 32.2. The molecule has 0 amide bonds. The van der Waals surface area contributed by atoms with E-state index in [4.69, 9.17) is 10.8 Å². The zero-order chi connectivity index (χ0) is 12.1. The topological polar surface area (TPSA) is 58.3 Å². The van der Waals surface area contributed by atoms with E-state index < -0.39 is 0 Å². The van der Waals surface area contributed by atoms with Crippen LogP contribution in [0.3, 0.4) is 0 Å². The molecule has 0 aliphatic carbocycles. The van der Waals surface area contributed by atoms with Gasteiger partial charge in [0, 0.05) is 11.3 Å². The monoisotopic (exact) mass is 244 g/mol. The van der Waals surface area contributed by atoms with Crippen molar-refractivity contribution in [3.05, 3.63) is 24.0 Å². The Morgan fingerprint density at radius 2 is 2.25 bits per heavy atom. The molecule has 16 heavy (non-hydrogen) atoms. The van der Waals surface area contributed by atoms with Crippen molar-refractivity contribution < 1.29 is 9.50 Å². The van der Waals surface area contributed by atoms with E-state index in [1.54, 1.807) is 17.8 Å². The van der Waals surface area contributed by atoms with Gasteiger partial charge in [0.05, 0.1) is 18.0 Å². The second kappa shape index (κ2) is 5.96. The van der Waals surface area contributed by atoms with Gasteiger partial charge in [-0.1, -0.05) is 0 Å². The van der Waals surface area contributed by atoms with E-state index >= 15 is 0 Å². The Hall–Kier alpha value is -0.940. The number of hydrogen-bond acceptors (Lipinski definition) is 4. The first-order valence-corrected chi connectivity index (χ1v) is 6.32. The van der Waals surface area contributed by atoms with E-state index in [1.165, 1.54) is 12.1 Å². The third kappa shape index (κ3) is 3.28. The fourth-order valence-electron chi connectivity index (χ4n) is 1.44. The summed E-state index contributed by atoms with van der Waals surface area (Å²) in [5, 5.41) is 12.4. The van der Waals surface area contributed by atoms with Crippen molar-refractivity contribution in [3.63, 3.8) is 0 Å². The SMILES string of the molecule is CSC(CO)C(C)Nc1ccc(F)cc1N. The van der Waals surface area contributed by atoms with Crippen LogP contribution in [0.2, 0.25) is 0 Å². The summed E-state index contributed by atoms with van der Waals surface area (Å²) >= 11 is 1.58. The molecule has 0 saturated carbocycles. The van der Waals surface area contributed by atoms with Crippen LogP contribution in [0.15, 0.2) is 18.2 Å². The van der Waals surface area contributed by atoms with Crippen molar-refractivity contribution in [2.45, 2.75) is 18.2 Å². The maximum Gasteiger partial charge on any atom is 0.125 e. The van der Waals surface area contributed by atoms with Gasteiger partial charge in [0.15, 0.2) is 0 Å². The molecule has 0 heterocycles. The van der Waals surface area contributed by atoms with E-state index in [2.05, 4.69) is 5.32 Å². The molecule has 90 valence electrons. The molecule has 2 atom stereocenters. The van der Waals surface area contributed by atoms with Gasteiger partial charge in [0.25, 0.3) is 0 Å². The number of nitrogens with one attached hydrogen (secondary N) is 1. The van der Waals surface area contributed by atoms with Gasteiger partial charge in [0.1, 0.15) is 5.82 Å². The lowest BCUT2D eigenvalue weighted by Crippen LogP contribution is -2.31. The van der Waals surface area contributed by atoms with Gasteiger partial charge in [0.2, 0.25) is 0 Å². The first kappa shape index (κ1) is 13.1. The molecule has 4 N–H and O–H groups in total. The van der Waals surface area contributed by atoms with Crippen molar-refractivity contribution in [2.24, 2.45) is 0 Å². The zero-order valence-electron chi connectivity index (χ0n) is 9.40. The Morgan fingerprint density at radius 1 is 1.56 bits per heavy atom. The number of thioether (sulfide) groups is 1. The Balaban J connectivity index is 2.72. The first-order chi connectivity index (χ1) is 7.58. The quantitative estimate of drug-likeness (QED) is 0.693. The standard InChI is InChI=1S/C11H17FN2OS/c1-7(11(6-15)16-2)14-10-4-3-8(12)5-9(10)13/h3-5,7,11,14-15H,6,13H2,1-2H3. The number of aliphatic hydroxyl groups excluding tert-OH is 1. The third-order valence-electron chi connectivity index (χ3n) is 2.44. The van der Waals surface area contributed by atoms with Gasteiger partial charge in [-0.25, -0.2) is 4.39 Å². The number of aliphatic hydroxyl groups is 1. The summed E-state index contributed by atoms with van der Waals surface area (Å²) in [5.74, 6) is -0.348. The van der Waals surface area contributed by atoms with E-state index in [9.17, 15) is 4.39 Å². The molecule has 0 radical (unpaired) electrons. The minimum Gasteiger partial charge on any atom is -0.397 e. The highest BCUT2D eigenvalue weighted by molar-refractivity contribution is 7.99. The minimum atomic E-state index is -0.348. The fraction of sp³-hybridized carbons (Fsp3) is 0.455. The van der Waals surface area contributed by atoms with Crippen LogP contribution >= 0.6 is 11.8 Å². The number of rotatable bonds is 5. The summed E-state index contributed by atoms with van der Waals surface area (Å²) in [6.45, 7) is 2.05. The molecule has 0 aliphatic heterocycles. The lowest BCUT2D eigenvalue weighted by Gasteiger charge is -2.23. The number of nitrogen functional groups attached to an aromatic ring is 1. The summed E-state index contributed by atoms with van der Waals surface area (Å²) in [5.41, 5.74) is 6.76. The maximum absolute atomic E-state index is 12.8. The number of nitrogens with two attached hydrogens (primary N) is 1. The molecule has 0 saturated heterocycles. The van der Waals surface area contributed by atoms with Gasteiger partial charge >= 0.3 is 0 Å². The Labute approximate surface area is 99.2 Å². The van der Waals surface area contributed by atoms with Crippen molar-refractivity contribution in [1.82, 2.24) is 0 Å². The van der Waals surface area contributed by atoms with Crippen LogP contribution < -0.4 is 11.1 Å². The summed E-state index contributed by atoms with van der Waals surface area (Å²) in [7, 11) is 0. The predicted molar refractivity (Wildman–Crippen MR) is 68.3 cm³/mol. The van der Waals surface area contributed by atoms with Gasteiger partial charge in [-0.15, -0.1) is 0 Å². The molecular weight excluding hydrogens is 227 g/mol. The number of halogens is 1. The molecule has 1 rings (SSSR count). The van der Waals surface area contributed by atoms with Crippen molar-refractivity contribution in [3.8, 4) is 0 Å². The summed E-state index contributed by atoms with van der Waals surface area (Å²) in [6, 6.07) is 4.31. The smallest absolute Gasteiger partial charge is 0.125 e. The highest BCUT2D eigenvalue weighted by Crippen LogP contribution is 2.22. The third-order valence-corrected chi connectivity index (χ3v) is 3.60. The Kier molecular flexibility index (Phi) is 4.89. The van der Waals surface area contributed by atoms with Crippen molar-refractivity contribution >= 4 is 23.1 Å². The van der Waals surface area contributed by atoms with E-state index in [1.807, 2.05) is 13.2 Å². The lowest BCUT2D eigenvalue weighted by atomic mass is 10.2. The highest BCUT2D eigenvalue weighted by Gasteiger charge is 2.15. The molecule has 1 aromatic rings. The average molecular weight is 244 g/mol. The zero-order valence-corrected chi connectivity index (χ0v) is 10.2. The molecule has 0 aliphatic rings. The second-order valence-corrected chi connectivity index (χ2v) is 4.70. The summed E-state index contributed by atoms with van der Waals surface area (Å²) < 4.78 is 12.8.